The Morgan fingerprint density at radius 2 is 1.90 bits per heavy atom. The Morgan fingerprint density at radius 1 is 1.14 bits per heavy atom. The number of hydrogen-bond donors (Lipinski definition) is 3. The molecule has 29 heavy (non-hydrogen) atoms. The van der Waals surface area contributed by atoms with Crippen LogP contribution in [-0.2, 0) is 6.54 Å². The van der Waals surface area contributed by atoms with Crippen LogP contribution < -0.4 is 14.8 Å². The smallest absolute Gasteiger partial charge is 0.124 e. The Bertz CT molecular complexity index is 599. The van der Waals surface area contributed by atoms with E-state index in [1.54, 1.807) is 7.11 Å². The van der Waals surface area contributed by atoms with Crippen molar-refractivity contribution < 1.29 is 19.7 Å². The maximum Gasteiger partial charge on any atom is 0.124 e. The number of methoxy groups -OCH3 is 1. The van der Waals surface area contributed by atoms with Gasteiger partial charge in [-0.25, -0.2) is 0 Å². The van der Waals surface area contributed by atoms with E-state index in [1.807, 2.05) is 18.2 Å². The molecule has 1 aliphatic carbocycles. The number of likely N-dealkylation sites (tertiary alicyclic amines) is 1. The van der Waals surface area contributed by atoms with Gasteiger partial charge in [0.25, 0.3) is 0 Å². The highest BCUT2D eigenvalue weighted by atomic mass is 16.5. The third kappa shape index (κ3) is 7.45. The van der Waals surface area contributed by atoms with Gasteiger partial charge in [0, 0.05) is 31.7 Å². The van der Waals surface area contributed by atoms with Gasteiger partial charge in [0.05, 0.1) is 13.2 Å². The summed E-state index contributed by atoms with van der Waals surface area (Å²) in [4.78, 5) is 2.20. The summed E-state index contributed by atoms with van der Waals surface area (Å²) in [5.41, 5.74) is 1.06. The van der Waals surface area contributed by atoms with Crippen molar-refractivity contribution in [2.24, 2.45) is 5.92 Å². The van der Waals surface area contributed by atoms with Crippen LogP contribution in [0.25, 0.3) is 0 Å². The maximum atomic E-state index is 10.4. The molecule has 0 aromatic heterocycles. The van der Waals surface area contributed by atoms with Gasteiger partial charge >= 0.3 is 0 Å². The van der Waals surface area contributed by atoms with Crippen molar-refractivity contribution in [2.45, 2.75) is 63.7 Å². The van der Waals surface area contributed by atoms with E-state index in [0.717, 1.165) is 62.0 Å². The summed E-state index contributed by atoms with van der Waals surface area (Å²) in [6.07, 6.45) is 7.57. The van der Waals surface area contributed by atoms with Gasteiger partial charge in [-0.05, 0) is 56.3 Å². The lowest BCUT2D eigenvalue weighted by Crippen LogP contribution is -2.41. The summed E-state index contributed by atoms with van der Waals surface area (Å²) in [6, 6.07) is 5.85. The predicted octanol–water partition coefficient (Wildman–Crippen LogP) is 2.56. The quantitative estimate of drug-likeness (QED) is 0.555. The fourth-order valence-electron chi connectivity index (χ4n) is 4.40. The largest absolute Gasteiger partial charge is 0.497 e. The van der Waals surface area contributed by atoms with Gasteiger partial charge in [0.1, 0.15) is 24.2 Å². The van der Waals surface area contributed by atoms with Crippen molar-refractivity contribution >= 4 is 0 Å². The molecule has 1 aromatic rings. The Morgan fingerprint density at radius 3 is 2.62 bits per heavy atom. The number of nitrogens with zero attached hydrogens (tertiary/aromatic N) is 1. The minimum Gasteiger partial charge on any atom is -0.497 e. The first kappa shape index (κ1) is 22.3. The molecular weight excluding hydrogens is 368 g/mol. The van der Waals surface area contributed by atoms with Crippen molar-refractivity contribution in [2.75, 3.05) is 39.9 Å². The van der Waals surface area contributed by atoms with Gasteiger partial charge in [-0.1, -0.05) is 19.3 Å². The van der Waals surface area contributed by atoms with Crippen LogP contribution in [0.1, 0.15) is 50.5 Å². The first-order valence-electron chi connectivity index (χ1n) is 11.2. The number of benzene rings is 1. The van der Waals surface area contributed by atoms with Crippen LogP contribution in [0.2, 0.25) is 0 Å². The van der Waals surface area contributed by atoms with Gasteiger partial charge in [-0.2, -0.15) is 0 Å². The minimum absolute atomic E-state index is 0.192. The molecule has 1 unspecified atom stereocenters. The van der Waals surface area contributed by atoms with Crippen LogP contribution in [-0.4, -0.2) is 67.2 Å². The minimum atomic E-state index is -0.546. The summed E-state index contributed by atoms with van der Waals surface area (Å²) in [6.45, 7) is 4.29. The highest BCUT2D eigenvalue weighted by Gasteiger charge is 2.20. The molecule has 6 heteroatoms. The summed E-state index contributed by atoms with van der Waals surface area (Å²) < 4.78 is 11.4. The first-order valence-corrected chi connectivity index (χ1v) is 11.2. The molecule has 0 spiro atoms. The van der Waals surface area contributed by atoms with Gasteiger partial charge in [-0.15, -0.1) is 0 Å². The maximum absolute atomic E-state index is 10.4. The van der Waals surface area contributed by atoms with E-state index in [0.29, 0.717) is 6.54 Å². The second-order valence-electron chi connectivity index (χ2n) is 8.61. The fraction of sp³-hybridized carbons (Fsp3) is 0.739. The van der Waals surface area contributed by atoms with E-state index >= 15 is 0 Å². The predicted molar refractivity (Wildman–Crippen MR) is 114 cm³/mol. The number of piperidine rings is 1. The molecule has 0 radical (unpaired) electrons. The molecule has 1 aromatic carbocycles. The molecule has 164 valence electrons. The lowest BCUT2D eigenvalue weighted by atomic mass is 9.89. The fourth-order valence-corrected chi connectivity index (χ4v) is 4.40. The molecule has 1 atom stereocenters. The SMILES string of the molecule is COc1ccc(OCC(O)CN2CCC(O)CC2)c(CNCC2CCCCC2)c1. The molecule has 0 amide bonds. The van der Waals surface area contributed by atoms with E-state index in [2.05, 4.69) is 10.2 Å². The van der Waals surface area contributed by atoms with Crippen LogP contribution >= 0.6 is 0 Å². The monoisotopic (exact) mass is 406 g/mol. The van der Waals surface area contributed by atoms with E-state index < -0.39 is 6.10 Å². The molecule has 6 nitrogen and oxygen atoms in total. The lowest BCUT2D eigenvalue weighted by molar-refractivity contribution is 0.0336. The van der Waals surface area contributed by atoms with Gasteiger partial charge in [-0.3, -0.25) is 0 Å². The van der Waals surface area contributed by atoms with Gasteiger partial charge in [0.2, 0.25) is 0 Å². The highest BCUT2D eigenvalue weighted by molar-refractivity contribution is 5.40. The molecule has 3 N–H and O–H groups in total. The molecule has 2 fully saturated rings. The molecule has 2 aliphatic rings. The molecule has 3 rings (SSSR count). The van der Waals surface area contributed by atoms with Crippen LogP contribution in [0.5, 0.6) is 11.5 Å². The van der Waals surface area contributed by atoms with E-state index in [9.17, 15) is 10.2 Å². The summed E-state index contributed by atoms with van der Waals surface area (Å²) in [5, 5.41) is 23.6. The Balaban J connectivity index is 1.48. The van der Waals surface area contributed by atoms with Crippen molar-refractivity contribution in [1.82, 2.24) is 10.2 Å². The van der Waals surface area contributed by atoms with Crippen molar-refractivity contribution in [1.29, 1.82) is 0 Å². The third-order valence-corrected chi connectivity index (χ3v) is 6.20. The second-order valence-corrected chi connectivity index (χ2v) is 8.61. The number of nitrogens with one attached hydrogen (secondary N) is 1. The standard InChI is InChI=1S/C23H38N2O4/c1-28-22-7-8-23(19(13-22)15-24-14-18-5-3-2-4-6-18)29-17-21(27)16-25-11-9-20(26)10-12-25/h7-8,13,18,20-21,24,26-27H,2-6,9-12,14-17H2,1H3. The molecular formula is C23H38N2O4. The topological polar surface area (TPSA) is 74.2 Å². The average Bonchev–Trinajstić information content (AvgIpc) is 2.75. The number of rotatable bonds is 10. The van der Waals surface area contributed by atoms with E-state index in [4.69, 9.17) is 9.47 Å². The van der Waals surface area contributed by atoms with Crippen molar-refractivity contribution in [3.05, 3.63) is 23.8 Å². The molecule has 1 heterocycles. The average molecular weight is 407 g/mol. The highest BCUT2D eigenvalue weighted by Crippen LogP contribution is 2.26. The Hall–Kier alpha value is -1.34. The normalized spacial score (nSPS) is 20.5. The summed E-state index contributed by atoms with van der Waals surface area (Å²) in [5.74, 6) is 2.40. The summed E-state index contributed by atoms with van der Waals surface area (Å²) >= 11 is 0. The van der Waals surface area contributed by atoms with Gasteiger partial charge in [0.15, 0.2) is 0 Å². The molecule has 1 aliphatic heterocycles. The van der Waals surface area contributed by atoms with Crippen molar-refractivity contribution in [3.8, 4) is 11.5 Å². The molecule has 0 bridgehead atoms. The summed E-state index contributed by atoms with van der Waals surface area (Å²) in [7, 11) is 1.68. The second kappa shape index (κ2) is 11.7. The third-order valence-electron chi connectivity index (χ3n) is 6.20. The number of β-amino-alcohol motifs (C(OH)–C–C–N with tert-alkyl or cyclic N) is 1. The number of hydrogen-bond acceptors (Lipinski definition) is 6. The number of aliphatic hydroxyl groups is 2. The first-order chi connectivity index (χ1) is 14.1. The van der Waals surface area contributed by atoms with Crippen LogP contribution in [0.3, 0.4) is 0 Å². The van der Waals surface area contributed by atoms with E-state index in [-0.39, 0.29) is 12.7 Å². The Labute approximate surface area is 175 Å². The zero-order valence-corrected chi connectivity index (χ0v) is 17.8. The molecule has 1 saturated heterocycles. The number of ether oxygens (including phenoxy) is 2. The number of aliphatic hydroxyl groups excluding tert-OH is 2. The van der Waals surface area contributed by atoms with Gasteiger partial charge < -0.3 is 29.9 Å². The zero-order chi connectivity index (χ0) is 20.5. The van der Waals surface area contributed by atoms with Crippen molar-refractivity contribution in [3.63, 3.8) is 0 Å². The molecule has 1 saturated carbocycles. The van der Waals surface area contributed by atoms with E-state index in [1.165, 1.54) is 32.1 Å². The zero-order valence-electron chi connectivity index (χ0n) is 17.8. The lowest BCUT2D eigenvalue weighted by Gasteiger charge is -2.31. The van der Waals surface area contributed by atoms with Crippen LogP contribution in [0.4, 0.5) is 0 Å². The Kier molecular flexibility index (Phi) is 9.05. The van der Waals surface area contributed by atoms with Crippen LogP contribution in [0, 0.1) is 5.92 Å². The van der Waals surface area contributed by atoms with Crippen LogP contribution in [0.15, 0.2) is 18.2 Å².